The predicted molar refractivity (Wildman–Crippen MR) is 63.0 cm³/mol. The van der Waals surface area contributed by atoms with Crippen molar-refractivity contribution < 1.29 is 4.79 Å². The highest BCUT2D eigenvalue weighted by Crippen LogP contribution is 2.09. The summed E-state index contributed by atoms with van der Waals surface area (Å²) in [5, 5.41) is 5.89. The van der Waals surface area contributed by atoms with Crippen LogP contribution in [0.25, 0.3) is 0 Å². The van der Waals surface area contributed by atoms with E-state index in [-0.39, 0.29) is 5.91 Å². The number of hydrogen-bond donors (Lipinski definition) is 2. The minimum Gasteiger partial charge on any atom is -0.385 e. The van der Waals surface area contributed by atoms with Crippen molar-refractivity contribution in [1.29, 1.82) is 0 Å². The van der Waals surface area contributed by atoms with Gasteiger partial charge in [0.25, 0.3) is 0 Å². The van der Waals surface area contributed by atoms with Gasteiger partial charge in [-0.3, -0.25) is 4.79 Å². The Bertz CT molecular complexity index is 323. The van der Waals surface area contributed by atoms with Crippen LogP contribution in [0.2, 0.25) is 0 Å². The Kier molecular flexibility index (Phi) is 4.68. The van der Waals surface area contributed by atoms with Crippen molar-refractivity contribution in [3.05, 3.63) is 29.8 Å². The van der Waals surface area contributed by atoms with E-state index in [1.54, 1.807) is 7.05 Å². The minimum absolute atomic E-state index is 0.0982. The summed E-state index contributed by atoms with van der Waals surface area (Å²) in [6, 6.07) is 8.22. The lowest BCUT2D eigenvalue weighted by Crippen LogP contribution is -2.18. The van der Waals surface area contributed by atoms with Crippen molar-refractivity contribution >= 4 is 11.6 Å². The third-order valence-corrected chi connectivity index (χ3v) is 2.21. The second-order valence-electron chi connectivity index (χ2n) is 3.57. The van der Waals surface area contributed by atoms with E-state index in [2.05, 4.69) is 29.7 Å². The summed E-state index contributed by atoms with van der Waals surface area (Å²) in [5.41, 5.74) is 2.36. The molecule has 0 bridgehead atoms. The van der Waals surface area contributed by atoms with Crippen molar-refractivity contribution in [3.8, 4) is 0 Å². The molecule has 0 fully saturated rings. The maximum absolute atomic E-state index is 10.9. The van der Waals surface area contributed by atoms with Crippen LogP contribution in [0.5, 0.6) is 0 Å². The first-order valence-electron chi connectivity index (χ1n) is 5.23. The van der Waals surface area contributed by atoms with Crippen molar-refractivity contribution in [3.63, 3.8) is 0 Å². The van der Waals surface area contributed by atoms with E-state index in [1.807, 2.05) is 12.1 Å². The SMILES string of the molecule is CNC(=O)CCCNc1cccc(C)c1. The Morgan fingerprint density at radius 2 is 2.20 bits per heavy atom. The normalized spacial score (nSPS) is 9.73. The number of amides is 1. The molecule has 3 heteroatoms. The van der Waals surface area contributed by atoms with Gasteiger partial charge in [0, 0.05) is 25.7 Å². The van der Waals surface area contributed by atoms with E-state index in [1.165, 1.54) is 5.56 Å². The molecule has 0 aromatic heterocycles. The van der Waals surface area contributed by atoms with Crippen LogP contribution in [0.15, 0.2) is 24.3 Å². The van der Waals surface area contributed by atoms with E-state index in [0.29, 0.717) is 6.42 Å². The molecule has 0 radical (unpaired) electrons. The van der Waals surface area contributed by atoms with E-state index in [9.17, 15) is 4.79 Å². The van der Waals surface area contributed by atoms with Gasteiger partial charge in [-0.1, -0.05) is 12.1 Å². The number of hydrogen-bond acceptors (Lipinski definition) is 2. The molecule has 1 aromatic carbocycles. The Morgan fingerprint density at radius 3 is 2.87 bits per heavy atom. The van der Waals surface area contributed by atoms with Crippen LogP contribution in [0, 0.1) is 6.92 Å². The lowest BCUT2D eigenvalue weighted by Gasteiger charge is -2.06. The van der Waals surface area contributed by atoms with E-state index >= 15 is 0 Å². The molecule has 0 saturated carbocycles. The van der Waals surface area contributed by atoms with Crippen LogP contribution in [0.1, 0.15) is 18.4 Å². The molecule has 0 atom stereocenters. The lowest BCUT2D eigenvalue weighted by atomic mass is 10.2. The number of nitrogens with one attached hydrogen (secondary N) is 2. The summed E-state index contributed by atoms with van der Waals surface area (Å²) < 4.78 is 0. The molecule has 1 rings (SSSR count). The molecule has 1 aromatic rings. The minimum atomic E-state index is 0.0982. The molecule has 0 aliphatic heterocycles. The maximum Gasteiger partial charge on any atom is 0.219 e. The van der Waals surface area contributed by atoms with Gasteiger partial charge >= 0.3 is 0 Å². The Balaban J connectivity index is 2.23. The fourth-order valence-corrected chi connectivity index (χ4v) is 1.36. The molecule has 0 heterocycles. The summed E-state index contributed by atoms with van der Waals surface area (Å²) in [7, 11) is 1.66. The van der Waals surface area contributed by atoms with Crippen LogP contribution in [-0.2, 0) is 4.79 Å². The molecule has 0 aliphatic rings. The Morgan fingerprint density at radius 1 is 1.40 bits per heavy atom. The van der Waals surface area contributed by atoms with Gasteiger partial charge in [0.05, 0.1) is 0 Å². The average molecular weight is 206 g/mol. The zero-order chi connectivity index (χ0) is 11.1. The fourth-order valence-electron chi connectivity index (χ4n) is 1.36. The van der Waals surface area contributed by atoms with E-state index in [0.717, 1.165) is 18.7 Å². The summed E-state index contributed by atoms with van der Waals surface area (Å²) in [4.78, 5) is 10.9. The van der Waals surface area contributed by atoms with Gasteiger partial charge in [-0.2, -0.15) is 0 Å². The largest absolute Gasteiger partial charge is 0.385 e. The molecular weight excluding hydrogens is 188 g/mol. The highest BCUT2D eigenvalue weighted by atomic mass is 16.1. The zero-order valence-corrected chi connectivity index (χ0v) is 9.34. The fraction of sp³-hybridized carbons (Fsp3) is 0.417. The summed E-state index contributed by atoms with van der Waals surface area (Å²) in [6.45, 7) is 2.90. The van der Waals surface area contributed by atoms with Crippen LogP contribution in [-0.4, -0.2) is 19.5 Å². The number of benzene rings is 1. The number of rotatable bonds is 5. The molecule has 2 N–H and O–H groups in total. The number of carbonyl (C=O) groups excluding carboxylic acids is 1. The molecule has 0 unspecified atom stereocenters. The molecule has 0 saturated heterocycles. The maximum atomic E-state index is 10.9. The molecular formula is C12H18N2O. The molecule has 3 nitrogen and oxygen atoms in total. The molecule has 15 heavy (non-hydrogen) atoms. The first-order chi connectivity index (χ1) is 7.22. The summed E-state index contributed by atoms with van der Waals surface area (Å²) >= 11 is 0. The number of aryl methyl sites for hydroxylation is 1. The number of anilines is 1. The quantitative estimate of drug-likeness (QED) is 0.723. The Labute approximate surface area is 90.9 Å². The summed E-state index contributed by atoms with van der Waals surface area (Å²) in [5.74, 6) is 0.0982. The summed E-state index contributed by atoms with van der Waals surface area (Å²) in [6.07, 6.45) is 1.43. The predicted octanol–water partition coefficient (Wildman–Crippen LogP) is 1.93. The number of carbonyl (C=O) groups is 1. The van der Waals surface area contributed by atoms with Gasteiger partial charge in [0.1, 0.15) is 0 Å². The molecule has 0 spiro atoms. The monoisotopic (exact) mass is 206 g/mol. The highest BCUT2D eigenvalue weighted by Gasteiger charge is 1.97. The molecule has 1 amide bonds. The standard InChI is InChI=1S/C12H18N2O/c1-10-5-3-6-11(9-10)14-8-4-7-12(15)13-2/h3,5-6,9,14H,4,7-8H2,1-2H3,(H,13,15). The van der Waals surface area contributed by atoms with Crippen LogP contribution in [0.4, 0.5) is 5.69 Å². The highest BCUT2D eigenvalue weighted by molar-refractivity contribution is 5.75. The van der Waals surface area contributed by atoms with Gasteiger partial charge in [-0.25, -0.2) is 0 Å². The molecule has 82 valence electrons. The van der Waals surface area contributed by atoms with Crippen LogP contribution >= 0.6 is 0 Å². The molecule has 0 aliphatic carbocycles. The van der Waals surface area contributed by atoms with E-state index in [4.69, 9.17) is 0 Å². The van der Waals surface area contributed by atoms with Gasteiger partial charge in [-0.05, 0) is 31.0 Å². The lowest BCUT2D eigenvalue weighted by molar-refractivity contribution is -0.120. The van der Waals surface area contributed by atoms with Crippen molar-refractivity contribution in [2.75, 3.05) is 18.9 Å². The topological polar surface area (TPSA) is 41.1 Å². The third-order valence-electron chi connectivity index (χ3n) is 2.21. The van der Waals surface area contributed by atoms with Gasteiger partial charge in [0.15, 0.2) is 0 Å². The average Bonchev–Trinajstić information content (AvgIpc) is 2.24. The van der Waals surface area contributed by atoms with Gasteiger partial charge in [0.2, 0.25) is 5.91 Å². The van der Waals surface area contributed by atoms with Crippen molar-refractivity contribution in [2.24, 2.45) is 0 Å². The van der Waals surface area contributed by atoms with E-state index < -0.39 is 0 Å². The second-order valence-corrected chi connectivity index (χ2v) is 3.57. The zero-order valence-electron chi connectivity index (χ0n) is 9.34. The van der Waals surface area contributed by atoms with Gasteiger partial charge < -0.3 is 10.6 Å². The smallest absolute Gasteiger partial charge is 0.219 e. The first kappa shape index (κ1) is 11.6. The second kappa shape index (κ2) is 6.06. The van der Waals surface area contributed by atoms with Crippen LogP contribution in [0.3, 0.4) is 0 Å². The first-order valence-corrected chi connectivity index (χ1v) is 5.23. The van der Waals surface area contributed by atoms with Gasteiger partial charge in [-0.15, -0.1) is 0 Å². The van der Waals surface area contributed by atoms with Crippen LogP contribution < -0.4 is 10.6 Å². The Hall–Kier alpha value is -1.51. The van der Waals surface area contributed by atoms with Crippen molar-refractivity contribution in [2.45, 2.75) is 19.8 Å². The third kappa shape index (κ3) is 4.49. The van der Waals surface area contributed by atoms with Crippen molar-refractivity contribution in [1.82, 2.24) is 5.32 Å².